The highest BCUT2D eigenvalue weighted by Gasteiger charge is 2.12. The van der Waals surface area contributed by atoms with E-state index in [0.29, 0.717) is 28.1 Å². The molecule has 2 aromatic rings. The van der Waals surface area contributed by atoms with Gasteiger partial charge in [-0.1, -0.05) is 18.2 Å². The molecule has 0 bridgehead atoms. The summed E-state index contributed by atoms with van der Waals surface area (Å²) in [5.41, 5.74) is 1.44. The maximum Gasteiger partial charge on any atom is 0.175 e. The highest BCUT2D eigenvalue weighted by atomic mass is 79.9. The van der Waals surface area contributed by atoms with Gasteiger partial charge in [-0.25, -0.2) is 0 Å². The van der Waals surface area contributed by atoms with E-state index in [1.165, 1.54) is 7.11 Å². The molecule has 4 nitrogen and oxygen atoms in total. The Labute approximate surface area is 131 Å². The molecular formula is C16H15BrO4. The third-order valence-corrected chi connectivity index (χ3v) is 3.54. The SMILES string of the molecule is COc1ccccc1COc1c(Br)cc(C=O)cc1OC. The lowest BCUT2D eigenvalue weighted by atomic mass is 10.2. The number of para-hydroxylation sites is 1. The molecule has 2 rings (SSSR count). The number of carbonyl (C=O) groups excluding carboxylic acids is 1. The fourth-order valence-electron chi connectivity index (χ4n) is 1.92. The zero-order valence-electron chi connectivity index (χ0n) is 11.8. The van der Waals surface area contributed by atoms with Crippen LogP contribution in [0.4, 0.5) is 0 Å². The molecule has 0 heterocycles. The van der Waals surface area contributed by atoms with E-state index in [4.69, 9.17) is 14.2 Å². The topological polar surface area (TPSA) is 44.8 Å². The Balaban J connectivity index is 2.25. The van der Waals surface area contributed by atoms with Crippen molar-refractivity contribution in [3.63, 3.8) is 0 Å². The molecule has 0 radical (unpaired) electrons. The van der Waals surface area contributed by atoms with Crippen LogP contribution < -0.4 is 14.2 Å². The second-order valence-electron chi connectivity index (χ2n) is 4.25. The first kappa shape index (κ1) is 15.4. The van der Waals surface area contributed by atoms with Crippen molar-refractivity contribution in [1.29, 1.82) is 0 Å². The maximum atomic E-state index is 10.9. The quantitative estimate of drug-likeness (QED) is 0.742. The van der Waals surface area contributed by atoms with Crippen molar-refractivity contribution in [3.8, 4) is 17.2 Å². The largest absolute Gasteiger partial charge is 0.496 e. The van der Waals surface area contributed by atoms with E-state index in [2.05, 4.69) is 15.9 Å². The van der Waals surface area contributed by atoms with Gasteiger partial charge < -0.3 is 14.2 Å². The minimum absolute atomic E-state index is 0.333. The molecule has 0 aliphatic carbocycles. The first-order chi connectivity index (χ1) is 10.2. The van der Waals surface area contributed by atoms with Crippen LogP contribution in [0.15, 0.2) is 40.9 Å². The summed E-state index contributed by atoms with van der Waals surface area (Å²) in [5.74, 6) is 1.81. The van der Waals surface area contributed by atoms with Gasteiger partial charge in [-0.05, 0) is 34.1 Å². The summed E-state index contributed by atoms with van der Waals surface area (Å²) in [7, 11) is 3.15. The van der Waals surface area contributed by atoms with Crippen LogP contribution in [0.5, 0.6) is 17.2 Å². The predicted molar refractivity (Wildman–Crippen MR) is 83.4 cm³/mol. The number of halogens is 1. The summed E-state index contributed by atoms with van der Waals surface area (Å²) < 4.78 is 17.0. The highest BCUT2D eigenvalue weighted by Crippen LogP contribution is 2.37. The monoisotopic (exact) mass is 350 g/mol. The maximum absolute atomic E-state index is 10.9. The van der Waals surface area contributed by atoms with Gasteiger partial charge in [0.15, 0.2) is 11.5 Å². The summed E-state index contributed by atoms with van der Waals surface area (Å²) in [6.45, 7) is 0.333. The van der Waals surface area contributed by atoms with Crippen LogP contribution in [0.25, 0.3) is 0 Å². The molecule has 110 valence electrons. The van der Waals surface area contributed by atoms with Gasteiger partial charge in [0.25, 0.3) is 0 Å². The Hall–Kier alpha value is -2.01. The first-order valence-corrected chi connectivity index (χ1v) is 7.06. The normalized spacial score (nSPS) is 10.0. The van der Waals surface area contributed by atoms with Crippen molar-refractivity contribution in [2.45, 2.75) is 6.61 Å². The molecule has 0 spiro atoms. The van der Waals surface area contributed by atoms with Gasteiger partial charge in [0.1, 0.15) is 18.6 Å². The third kappa shape index (κ3) is 3.55. The number of methoxy groups -OCH3 is 2. The first-order valence-electron chi connectivity index (χ1n) is 6.27. The van der Waals surface area contributed by atoms with E-state index in [0.717, 1.165) is 17.6 Å². The summed E-state index contributed by atoms with van der Waals surface area (Å²) >= 11 is 3.39. The Kier molecular flexibility index (Phi) is 5.22. The van der Waals surface area contributed by atoms with Crippen molar-refractivity contribution in [1.82, 2.24) is 0 Å². The van der Waals surface area contributed by atoms with E-state index in [1.807, 2.05) is 24.3 Å². The number of hydrogen-bond donors (Lipinski definition) is 0. The zero-order chi connectivity index (χ0) is 15.2. The fraction of sp³-hybridized carbons (Fsp3) is 0.188. The van der Waals surface area contributed by atoms with Gasteiger partial charge >= 0.3 is 0 Å². The Morgan fingerprint density at radius 2 is 1.81 bits per heavy atom. The van der Waals surface area contributed by atoms with Crippen LogP contribution in [-0.4, -0.2) is 20.5 Å². The number of carbonyl (C=O) groups is 1. The number of aldehydes is 1. The van der Waals surface area contributed by atoms with Crippen LogP contribution in [0.1, 0.15) is 15.9 Å². The van der Waals surface area contributed by atoms with Gasteiger partial charge in [-0.15, -0.1) is 0 Å². The molecule has 0 saturated carbocycles. The van der Waals surface area contributed by atoms with Crippen LogP contribution in [0, 0.1) is 0 Å². The molecule has 5 heteroatoms. The molecule has 0 unspecified atom stereocenters. The van der Waals surface area contributed by atoms with Crippen molar-refractivity contribution >= 4 is 22.2 Å². The molecule has 0 aromatic heterocycles. The van der Waals surface area contributed by atoms with E-state index >= 15 is 0 Å². The number of hydrogen-bond acceptors (Lipinski definition) is 4. The molecule has 0 aliphatic rings. The molecule has 0 fully saturated rings. The minimum atomic E-state index is 0.333. The number of benzene rings is 2. The molecule has 0 aliphatic heterocycles. The van der Waals surface area contributed by atoms with Gasteiger partial charge in [0.2, 0.25) is 0 Å². The third-order valence-electron chi connectivity index (χ3n) is 2.95. The average Bonchev–Trinajstić information content (AvgIpc) is 2.53. The molecular weight excluding hydrogens is 336 g/mol. The average molecular weight is 351 g/mol. The van der Waals surface area contributed by atoms with Crippen molar-refractivity contribution in [3.05, 3.63) is 52.0 Å². The molecule has 0 amide bonds. The standard InChI is InChI=1S/C16H15BrO4/c1-19-14-6-4-3-5-12(14)10-21-16-13(17)7-11(9-18)8-15(16)20-2/h3-9H,10H2,1-2H3. The van der Waals surface area contributed by atoms with E-state index < -0.39 is 0 Å². The number of ether oxygens (including phenoxy) is 3. The van der Waals surface area contributed by atoms with Crippen LogP contribution in [0.2, 0.25) is 0 Å². The second kappa shape index (κ2) is 7.13. The van der Waals surface area contributed by atoms with Crippen molar-refractivity contribution < 1.29 is 19.0 Å². The van der Waals surface area contributed by atoms with Crippen molar-refractivity contribution in [2.75, 3.05) is 14.2 Å². The second-order valence-corrected chi connectivity index (χ2v) is 5.11. The Morgan fingerprint density at radius 3 is 2.48 bits per heavy atom. The van der Waals surface area contributed by atoms with Crippen molar-refractivity contribution in [2.24, 2.45) is 0 Å². The number of rotatable bonds is 6. The lowest BCUT2D eigenvalue weighted by Gasteiger charge is -2.14. The molecule has 0 atom stereocenters. The fourth-order valence-corrected chi connectivity index (χ4v) is 2.49. The van der Waals surface area contributed by atoms with Crippen LogP contribution in [0.3, 0.4) is 0 Å². The van der Waals surface area contributed by atoms with E-state index in [9.17, 15) is 4.79 Å². The van der Waals surface area contributed by atoms with Gasteiger partial charge in [0, 0.05) is 11.1 Å². The lowest BCUT2D eigenvalue weighted by Crippen LogP contribution is -2.01. The lowest BCUT2D eigenvalue weighted by molar-refractivity contribution is 0.112. The summed E-state index contributed by atoms with van der Waals surface area (Å²) in [4.78, 5) is 10.9. The predicted octanol–water partition coefficient (Wildman–Crippen LogP) is 3.86. The smallest absolute Gasteiger partial charge is 0.175 e. The van der Waals surface area contributed by atoms with Crippen LogP contribution >= 0.6 is 15.9 Å². The Morgan fingerprint density at radius 1 is 1.10 bits per heavy atom. The molecule has 0 N–H and O–H groups in total. The van der Waals surface area contributed by atoms with Gasteiger partial charge in [-0.2, -0.15) is 0 Å². The molecule has 21 heavy (non-hydrogen) atoms. The summed E-state index contributed by atoms with van der Waals surface area (Å²) in [6.07, 6.45) is 0.761. The summed E-state index contributed by atoms with van der Waals surface area (Å²) in [6, 6.07) is 10.9. The molecule has 0 saturated heterocycles. The van der Waals surface area contributed by atoms with E-state index in [1.54, 1.807) is 19.2 Å². The highest BCUT2D eigenvalue weighted by molar-refractivity contribution is 9.10. The van der Waals surface area contributed by atoms with E-state index in [-0.39, 0.29) is 0 Å². The Bertz CT molecular complexity index is 640. The van der Waals surface area contributed by atoms with Gasteiger partial charge in [-0.3, -0.25) is 4.79 Å². The molecule has 2 aromatic carbocycles. The van der Waals surface area contributed by atoms with Gasteiger partial charge in [0.05, 0.1) is 18.7 Å². The zero-order valence-corrected chi connectivity index (χ0v) is 13.3. The minimum Gasteiger partial charge on any atom is -0.496 e. The summed E-state index contributed by atoms with van der Waals surface area (Å²) in [5, 5.41) is 0. The van der Waals surface area contributed by atoms with Crippen LogP contribution in [-0.2, 0) is 6.61 Å².